The van der Waals surface area contributed by atoms with Crippen molar-refractivity contribution in [2.75, 3.05) is 24.1 Å². The fraction of sp³-hybridized carbons (Fsp3) is 0.263. The van der Waals surface area contributed by atoms with Gasteiger partial charge in [0.1, 0.15) is 17.6 Å². The summed E-state index contributed by atoms with van der Waals surface area (Å²) in [5.74, 6) is -0.0706. The van der Waals surface area contributed by atoms with E-state index in [-0.39, 0.29) is 17.2 Å². The molecule has 1 aliphatic rings. The number of hydrogen-bond donors (Lipinski definition) is 1. The van der Waals surface area contributed by atoms with Gasteiger partial charge in [-0.25, -0.2) is 4.39 Å². The lowest BCUT2D eigenvalue weighted by Crippen LogP contribution is -2.44. The minimum Gasteiger partial charge on any atom is -0.496 e. The van der Waals surface area contributed by atoms with Crippen molar-refractivity contribution in [2.24, 2.45) is 0 Å². The lowest BCUT2D eigenvalue weighted by molar-refractivity contribution is -0.119. The molecule has 5 nitrogen and oxygen atoms in total. The number of nitrogens with zero attached hydrogens (tertiary/aromatic N) is 1. The second kappa shape index (κ2) is 7.78. The quantitative estimate of drug-likeness (QED) is 0.892. The molecule has 1 saturated heterocycles. The normalized spacial score (nSPS) is 16.4. The predicted molar refractivity (Wildman–Crippen MR) is 100 cm³/mol. The first-order chi connectivity index (χ1) is 12.5. The number of nitrogens with one attached hydrogen (secondary N) is 1. The third kappa shape index (κ3) is 3.83. The summed E-state index contributed by atoms with van der Waals surface area (Å²) in [5, 5.41) is 2.85. The van der Waals surface area contributed by atoms with Crippen LogP contribution in [0.15, 0.2) is 42.5 Å². The molecule has 136 valence electrons. The second-order valence-electron chi connectivity index (χ2n) is 5.99. The molecule has 7 heteroatoms. The van der Waals surface area contributed by atoms with E-state index in [0.717, 1.165) is 11.6 Å². The zero-order valence-corrected chi connectivity index (χ0v) is 15.3. The van der Waals surface area contributed by atoms with Crippen LogP contribution in [0, 0.1) is 12.7 Å². The van der Waals surface area contributed by atoms with E-state index in [4.69, 9.17) is 4.74 Å². The van der Waals surface area contributed by atoms with E-state index < -0.39 is 17.8 Å². The van der Waals surface area contributed by atoms with Gasteiger partial charge in [-0.05, 0) is 42.8 Å². The molecule has 0 saturated carbocycles. The number of rotatable bonds is 4. The third-order valence-corrected chi connectivity index (χ3v) is 5.14. The maximum absolute atomic E-state index is 13.6. The van der Waals surface area contributed by atoms with Crippen LogP contribution in [0.4, 0.5) is 10.1 Å². The van der Waals surface area contributed by atoms with E-state index >= 15 is 0 Å². The van der Waals surface area contributed by atoms with Crippen LogP contribution in [0.25, 0.3) is 0 Å². The molecule has 2 aromatic rings. The summed E-state index contributed by atoms with van der Waals surface area (Å²) >= 11 is 1.48. The largest absolute Gasteiger partial charge is 0.496 e. The standard InChI is InChI=1S/C19H19FN2O3S/c1-12-4-3-5-14(8-12)21-18(23)16-10-26-11-22(16)19(24)15-9-13(20)6-7-17(15)25-2/h3-9,16H,10-11H2,1-2H3,(H,21,23)/t16-/m0/s1. The van der Waals surface area contributed by atoms with Gasteiger partial charge in [0.2, 0.25) is 5.91 Å². The molecular formula is C19H19FN2O3S. The Hall–Kier alpha value is -2.54. The number of carbonyl (C=O) groups excluding carboxylic acids is 2. The lowest BCUT2D eigenvalue weighted by atomic mass is 10.1. The molecule has 0 radical (unpaired) electrons. The van der Waals surface area contributed by atoms with Crippen molar-refractivity contribution in [3.05, 3.63) is 59.4 Å². The Bertz CT molecular complexity index is 843. The number of thioether (sulfide) groups is 1. The highest BCUT2D eigenvalue weighted by molar-refractivity contribution is 7.99. The zero-order valence-electron chi connectivity index (χ0n) is 14.5. The van der Waals surface area contributed by atoms with Gasteiger partial charge in [0.15, 0.2) is 0 Å². The number of amides is 2. The Morgan fingerprint density at radius 2 is 2.08 bits per heavy atom. The van der Waals surface area contributed by atoms with Crippen LogP contribution in [0.1, 0.15) is 15.9 Å². The molecule has 1 fully saturated rings. The van der Waals surface area contributed by atoms with Crippen LogP contribution < -0.4 is 10.1 Å². The lowest BCUT2D eigenvalue weighted by Gasteiger charge is -2.24. The Balaban J connectivity index is 1.80. The average Bonchev–Trinajstić information content (AvgIpc) is 3.11. The number of ether oxygens (including phenoxy) is 1. The van der Waals surface area contributed by atoms with Crippen LogP contribution in [0.3, 0.4) is 0 Å². The highest BCUT2D eigenvalue weighted by Gasteiger charge is 2.36. The molecule has 1 heterocycles. The summed E-state index contributed by atoms with van der Waals surface area (Å²) in [6, 6.07) is 10.6. The summed E-state index contributed by atoms with van der Waals surface area (Å²) in [4.78, 5) is 27.0. The minimum absolute atomic E-state index is 0.114. The zero-order chi connectivity index (χ0) is 18.7. The minimum atomic E-state index is -0.624. The van der Waals surface area contributed by atoms with Gasteiger partial charge in [-0.2, -0.15) is 0 Å². The van der Waals surface area contributed by atoms with E-state index in [2.05, 4.69) is 5.32 Å². The first-order valence-corrected chi connectivity index (χ1v) is 9.25. The Morgan fingerprint density at radius 3 is 2.81 bits per heavy atom. The van der Waals surface area contributed by atoms with Gasteiger partial charge < -0.3 is 15.0 Å². The number of aryl methyl sites for hydroxylation is 1. The molecule has 0 aromatic heterocycles. The van der Waals surface area contributed by atoms with Gasteiger partial charge in [-0.3, -0.25) is 9.59 Å². The SMILES string of the molecule is COc1ccc(F)cc1C(=O)N1CSC[C@H]1C(=O)Nc1cccc(C)c1. The summed E-state index contributed by atoms with van der Waals surface area (Å²) in [5.41, 5.74) is 1.83. The van der Waals surface area contributed by atoms with Gasteiger partial charge in [0.25, 0.3) is 5.91 Å². The molecule has 1 N–H and O–H groups in total. The Labute approximate surface area is 155 Å². The van der Waals surface area contributed by atoms with Crippen LogP contribution >= 0.6 is 11.8 Å². The summed E-state index contributed by atoms with van der Waals surface area (Å²) in [6.07, 6.45) is 0. The molecular weight excluding hydrogens is 355 g/mol. The van der Waals surface area contributed by atoms with Crippen LogP contribution in [-0.2, 0) is 4.79 Å². The molecule has 0 spiro atoms. The highest BCUT2D eigenvalue weighted by Crippen LogP contribution is 2.28. The fourth-order valence-corrected chi connectivity index (χ4v) is 3.96. The van der Waals surface area contributed by atoms with Gasteiger partial charge >= 0.3 is 0 Å². The molecule has 2 amide bonds. The number of methoxy groups -OCH3 is 1. The first-order valence-electron chi connectivity index (χ1n) is 8.09. The number of hydrogen-bond acceptors (Lipinski definition) is 4. The number of benzene rings is 2. The van der Waals surface area contributed by atoms with Crippen molar-refractivity contribution in [1.82, 2.24) is 4.90 Å². The summed E-state index contributed by atoms with van der Waals surface area (Å²) in [7, 11) is 1.42. The van der Waals surface area contributed by atoms with Gasteiger partial charge in [-0.15, -0.1) is 11.8 Å². The van der Waals surface area contributed by atoms with Gasteiger partial charge in [0.05, 0.1) is 18.6 Å². The van der Waals surface area contributed by atoms with E-state index in [1.807, 2.05) is 25.1 Å². The Kier molecular flexibility index (Phi) is 5.46. The van der Waals surface area contributed by atoms with E-state index in [9.17, 15) is 14.0 Å². The highest BCUT2D eigenvalue weighted by atomic mass is 32.2. The third-order valence-electron chi connectivity index (χ3n) is 4.12. The Morgan fingerprint density at radius 1 is 1.27 bits per heavy atom. The van der Waals surface area contributed by atoms with Crippen LogP contribution in [0.2, 0.25) is 0 Å². The second-order valence-corrected chi connectivity index (χ2v) is 6.99. The van der Waals surface area contributed by atoms with Crippen molar-refractivity contribution >= 4 is 29.3 Å². The van der Waals surface area contributed by atoms with Crippen molar-refractivity contribution in [3.63, 3.8) is 0 Å². The van der Waals surface area contributed by atoms with Crippen molar-refractivity contribution < 1.29 is 18.7 Å². The fourth-order valence-electron chi connectivity index (χ4n) is 2.81. The van der Waals surface area contributed by atoms with Crippen molar-refractivity contribution in [3.8, 4) is 5.75 Å². The average molecular weight is 374 g/mol. The van der Waals surface area contributed by atoms with Crippen LogP contribution in [0.5, 0.6) is 5.75 Å². The van der Waals surface area contributed by atoms with E-state index in [1.54, 1.807) is 6.07 Å². The predicted octanol–water partition coefficient (Wildman–Crippen LogP) is 3.30. The molecule has 1 aliphatic heterocycles. The molecule has 2 aromatic carbocycles. The smallest absolute Gasteiger partial charge is 0.259 e. The van der Waals surface area contributed by atoms with Gasteiger partial charge in [0, 0.05) is 11.4 Å². The van der Waals surface area contributed by atoms with Crippen molar-refractivity contribution in [1.29, 1.82) is 0 Å². The molecule has 26 heavy (non-hydrogen) atoms. The molecule has 0 bridgehead atoms. The maximum Gasteiger partial charge on any atom is 0.259 e. The summed E-state index contributed by atoms with van der Waals surface area (Å²) < 4.78 is 18.8. The molecule has 1 atom stereocenters. The van der Waals surface area contributed by atoms with Crippen molar-refractivity contribution in [2.45, 2.75) is 13.0 Å². The topological polar surface area (TPSA) is 58.6 Å². The first kappa shape index (κ1) is 18.3. The van der Waals surface area contributed by atoms with E-state index in [0.29, 0.717) is 17.3 Å². The van der Waals surface area contributed by atoms with Crippen LogP contribution in [-0.4, -0.2) is 41.5 Å². The molecule has 0 aliphatic carbocycles. The number of halogens is 1. The molecule has 3 rings (SSSR count). The monoisotopic (exact) mass is 374 g/mol. The molecule has 0 unspecified atom stereocenters. The van der Waals surface area contributed by atoms with E-state index in [1.165, 1.54) is 35.9 Å². The number of anilines is 1. The maximum atomic E-state index is 13.6. The summed E-state index contributed by atoms with van der Waals surface area (Å²) in [6.45, 7) is 1.94. The van der Waals surface area contributed by atoms with Gasteiger partial charge in [-0.1, -0.05) is 12.1 Å². The number of carbonyl (C=O) groups is 2.